The number of carbonyl (C=O) groups excluding carboxylic acids is 1. The number of ketones is 1. The molecule has 0 bridgehead atoms. The molecule has 1 rings (SSSR count). The SMILES string of the molecule is CCN(CC)C(C)(C)C(=O)Cc1ccc(F)cc1Br. The first-order valence-electron chi connectivity index (χ1n) is 6.55. The average molecular weight is 330 g/mol. The normalized spacial score (nSPS) is 11.9. The Labute approximate surface area is 123 Å². The molecule has 0 spiro atoms. The van der Waals surface area contributed by atoms with E-state index in [4.69, 9.17) is 0 Å². The third-order valence-corrected chi connectivity index (χ3v) is 4.34. The molecular formula is C15H21BrFNO. The Hall–Kier alpha value is -0.740. The van der Waals surface area contributed by atoms with Crippen LogP contribution in [0.1, 0.15) is 33.3 Å². The quantitative estimate of drug-likeness (QED) is 0.790. The van der Waals surface area contributed by atoms with Gasteiger partial charge in [-0.2, -0.15) is 0 Å². The Balaban J connectivity index is 2.89. The first-order chi connectivity index (χ1) is 8.82. The number of Topliss-reactive ketones (excluding diaryl/α,β-unsaturated/α-hetero) is 1. The predicted molar refractivity (Wildman–Crippen MR) is 79.8 cm³/mol. The fourth-order valence-corrected chi connectivity index (χ4v) is 2.74. The van der Waals surface area contributed by atoms with Crippen molar-refractivity contribution in [3.8, 4) is 0 Å². The first-order valence-corrected chi connectivity index (χ1v) is 7.34. The highest BCUT2D eigenvalue weighted by Gasteiger charge is 2.32. The van der Waals surface area contributed by atoms with E-state index in [2.05, 4.69) is 20.8 Å². The summed E-state index contributed by atoms with van der Waals surface area (Å²) < 4.78 is 13.7. The lowest BCUT2D eigenvalue weighted by Crippen LogP contribution is -2.50. The fourth-order valence-electron chi connectivity index (χ4n) is 2.24. The van der Waals surface area contributed by atoms with Gasteiger partial charge in [0.2, 0.25) is 0 Å². The van der Waals surface area contributed by atoms with Gasteiger partial charge in [-0.05, 0) is 44.6 Å². The Morgan fingerprint density at radius 3 is 2.37 bits per heavy atom. The molecule has 0 aliphatic rings. The molecule has 0 heterocycles. The third-order valence-electron chi connectivity index (χ3n) is 3.60. The molecule has 2 nitrogen and oxygen atoms in total. The minimum Gasteiger partial charge on any atom is -0.297 e. The number of hydrogen-bond acceptors (Lipinski definition) is 2. The molecule has 0 fully saturated rings. The molecule has 0 aromatic heterocycles. The zero-order valence-electron chi connectivity index (χ0n) is 12.0. The number of carbonyl (C=O) groups is 1. The molecule has 0 radical (unpaired) electrons. The summed E-state index contributed by atoms with van der Waals surface area (Å²) >= 11 is 3.31. The van der Waals surface area contributed by atoms with Crippen molar-refractivity contribution in [1.29, 1.82) is 0 Å². The van der Waals surface area contributed by atoms with Crippen molar-refractivity contribution >= 4 is 21.7 Å². The van der Waals surface area contributed by atoms with Gasteiger partial charge in [0.15, 0.2) is 5.78 Å². The Kier molecular flexibility index (Phi) is 5.68. The van der Waals surface area contributed by atoms with Crippen LogP contribution in [0, 0.1) is 5.82 Å². The summed E-state index contributed by atoms with van der Waals surface area (Å²) in [5, 5.41) is 0. The molecule has 0 saturated heterocycles. The lowest BCUT2D eigenvalue weighted by molar-refractivity contribution is -0.128. The smallest absolute Gasteiger partial charge is 0.156 e. The molecule has 106 valence electrons. The molecule has 4 heteroatoms. The van der Waals surface area contributed by atoms with E-state index in [0.29, 0.717) is 10.9 Å². The summed E-state index contributed by atoms with van der Waals surface area (Å²) in [5.74, 6) is -0.158. The van der Waals surface area contributed by atoms with Gasteiger partial charge < -0.3 is 0 Å². The fraction of sp³-hybridized carbons (Fsp3) is 0.533. The number of likely N-dealkylation sites (N-methyl/N-ethyl adjacent to an activating group) is 1. The van der Waals surface area contributed by atoms with E-state index in [0.717, 1.165) is 18.7 Å². The number of halogens is 2. The lowest BCUT2D eigenvalue weighted by atomic mass is 9.91. The summed E-state index contributed by atoms with van der Waals surface area (Å²) in [4.78, 5) is 14.6. The van der Waals surface area contributed by atoms with Crippen LogP contribution < -0.4 is 0 Å². The van der Waals surface area contributed by atoms with Crippen molar-refractivity contribution in [1.82, 2.24) is 4.90 Å². The van der Waals surface area contributed by atoms with Crippen LogP contribution in [0.2, 0.25) is 0 Å². The molecular weight excluding hydrogens is 309 g/mol. The molecule has 19 heavy (non-hydrogen) atoms. The van der Waals surface area contributed by atoms with Crippen molar-refractivity contribution < 1.29 is 9.18 Å². The van der Waals surface area contributed by atoms with Crippen LogP contribution in [0.3, 0.4) is 0 Å². The topological polar surface area (TPSA) is 20.3 Å². The summed E-state index contributed by atoms with van der Waals surface area (Å²) in [7, 11) is 0. The van der Waals surface area contributed by atoms with Gasteiger partial charge in [0.1, 0.15) is 5.82 Å². The van der Waals surface area contributed by atoms with Crippen LogP contribution >= 0.6 is 15.9 Å². The van der Waals surface area contributed by atoms with Crippen LogP contribution in [-0.2, 0) is 11.2 Å². The minimum atomic E-state index is -0.503. The van der Waals surface area contributed by atoms with Gasteiger partial charge in [-0.3, -0.25) is 9.69 Å². The second-order valence-electron chi connectivity index (χ2n) is 5.07. The maximum atomic E-state index is 13.0. The van der Waals surface area contributed by atoms with E-state index < -0.39 is 5.54 Å². The molecule has 0 unspecified atom stereocenters. The van der Waals surface area contributed by atoms with Gasteiger partial charge in [0.25, 0.3) is 0 Å². The Morgan fingerprint density at radius 2 is 1.89 bits per heavy atom. The maximum Gasteiger partial charge on any atom is 0.156 e. The first kappa shape index (κ1) is 16.3. The molecule has 1 aromatic rings. The van der Waals surface area contributed by atoms with Gasteiger partial charge in [0.05, 0.1) is 5.54 Å². The molecule has 0 aliphatic heterocycles. The van der Waals surface area contributed by atoms with Crippen molar-refractivity contribution in [3.05, 3.63) is 34.1 Å². The summed E-state index contributed by atoms with van der Waals surface area (Å²) in [5.41, 5.74) is 0.323. The van der Waals surface area contributed by atoms with E-state index in [1.54, 1.807) is 6.07 Å². The summed E-state index contributed by atoms with van der Waals surface area (Å²) in [6.45, 7) is 9.65. The van der Waals surface area contributed by atoms with E-state index in [9.17, 15) is 9.18 Å². The number of hydrogen-bond donors (Lipinski definition) is 0. The van der Waals surface area contributed by atoms with Crippen LogP contribution in [0.5, 0.6) is 0 Å². The standard InChI is InChI=1S/C15H21BrFNO/c1-5-18(6-2)15(3,4)14(19)9-11-7-8-12(17)10-13(11)16/h7-8,10H,5-6,9H2,1-4H3. The van der Waals surface area contributed by atoms with Gasteiger partial charge >= 0.3 is 0 Å². The monoisotopic (exact) mass is 329 g/mol. The minimum absolute atomic E-state index is 0.142. The summed E-state index contributed by atoms with van der Waals surface area (Å²) in [6.07, 6.45) is 0.310. The molecule has 1 aromatic carbocycles. The molecule has 0 amide bonds. The van der Waals surface area contributed by atoms with Gasteiger partial charge in [-0.1, -0.05) is 35.8 Å². The zero-order chi connectivity index (χ0) is 14.6. The molecule has 0 N–H and O–H groups in total. The number of nitrogens with zero attached hydrogens (tertiary/aromatic N) is 1. The van der Waals surface area contributed by atoms with Gasteiger partial charge in [-0.15, -0.1) is 0 Å². The highest BCUT2D eigenvalue weighted by atomic mass is 79.9. The third kappa shape index (κ3) is 3.86. The molecule has 0 aliphatic carbocycles. The maximum absolute atomic E-state index is 13.0. The van der Waals surface area contributed by atoms with E-state index in [-0.39, 0.29) is 11.6 Å². The van der Waals surface area contributed by atoms with Crippen LogP contribution in [0.4, 0.5) is 4.39 Å². The van der Waals surface area contributed by atoms with E-state index in [1.807, 2.05) is 27.7 Å². The highest BCUT2D eigenvalue weighted by Crippen LogP contribution is 2.23. The second kappa shape index (κ2) is 6.62. The number of benzene rings is 1. The van der Waals surface area contributed by atoms with E-state index in [1.165, 1.54) is 12.1 Å². The number of rotatable bonds is 6. The molecule has 0 saturated carbocycles. The van der Waals surface area contributed by atoms with E-state index >= 15 is 0 Å². The lowest BCUT2D eigenvalue weighted by Gasteiger charge is -2.36. The van der Waals surface area contributed by atoms with Crippen molar-refractivity contribution in [2.24, 2.45) is 0 Å². The van der Waals surface area contributed by atoms with Gasteiger partial charge in [0, 0.05) is 10.9 Å². The predicted octanol–water partition coefficient (Wildman–Crippen LogP) is 3.82. The second-order valence-corrected chi connectivity index (χ2v) is 5.92. The van der Waals surface area contributed by atoms with Crippen molar-refractivity contribution in [2.75, 3.05) is 13.1 Å². The van der Waals surface area contributed by atoms with Gasteiger partial charge in [-0.25, -0.2) is 4.39 Å². The molecule has 0 atom stereocenters. The van der Waals surface area contributed by atoms with Crippen molar-refractivity contribution in [2.45, 2.75) is 39.7 Å². The highest BCUT2D eigenvalue weighted by molar-refractivity contribution is 9.10. The van der Waals surface area contributed by atoms with Crippen molar-refractivity contribution in [3.63, 3.8) is 0 Å². The van der Waals surface area contributed by atoms with Crippen LogP contribution in [0.15, 0.2) is 22.7 Å². The largest absolute Gasteiger partial charge is 0.297 e. The Morgan fingerprint density at radius 1 is 1.32 bits per heavy atom. The van der Waals surface area contributed by atoms with Crippen LogP contribution in [0.25, 0.3) is 0 Å². The van der Waals surface area contributed by atoms with Crippen LogP contribution in [-0.4, -0.2) is 29.3 Å². The average Bonchev–Trinajstić information content (AvgIpc) is 2.33. The zero-order valence-corrected chi connectivity index (χ0v) is 13.6. The summed E-state index contributed by atoms with van der Waals surface area (Å²) in [6, 6.07) is 4.44. The Bertz CT molecular complexity index is 455.